The van der Waals surface area contributed by atoms with Crippen LogP contribution in [0.2, 0.25) is 10.0 Å². The van der Waals surface area contributed by atoms with Crippen LogP contribution >= 0.6 is 23.2 Å². The quantitative estimate of drug-likeness (QED) is 0.320. The summed E-state index contributed by atoms with van der Waals surface area (Å²) < 4.78 is 48.9. The highest BCUT2D eigenvalue weighted by atomic mass is 35.5. The molecule has 10 nitrogen and oxygen atoms in total. The van der Waals surface area contributed by atoms with Gasteiger partial charge in [0.2, 0.25) is 0 Å². The van der Waals surface area contributed by atoms with Crippen LogP contribution in [0.3, 0.4) is 0 Å². The van der Waals surface area contributed by atoms with Gasteiger partial charge >= 0.3 is 0 Å². The van der Waals surface area contributed by atoms with E-state index in [-0.39, 0.29) is 16.3 Å². The Morgan fingerprint density at radius 2 is 1.68 bits per heavy atom. The van der Waals surface area contributed by atoms with Crippen molar-refractivity contribution in [2.24, 2.45) is 0 Å². The number of ether oxygens (including phenoxy) is 1. The number of aliphatic hydroxyl groups is 3. The number of nitrogens with zero attached hydrogens (tertiary/aromatic N) is 6. The van der Waals surface area contributed by atoms with Gasteiger partial charge in [0.15, 0.2) is 23.7 Å². The molecule has 0 unspecified atom stereocenters. The third kappa shape index (κ3) is 4.58. The first-order valence-electron chi connectivity index (χ1n) is 10.7. The van der Waals surface area contributed by atoms with Crippen LogP contribution in [-0.4, -0.2) is 70.2 Å². The van der Waals surface area contributed by atoms with Crippen molar-refractivity contribution < 1.29 is 33.2 Å². The minimum absolute atomic E-state index is 0.0574. The first-order valence-corrected chi connectivity index (χ1v) is 11.5. The first kappa shape index (κ1) is 25.6. The van der Waals surface area contributed by atoms with Gasteiger partial charge in [-0.15, -0.1) is 10.2 Å². The molecular weight excluding hydrogens is 540 g/mol. The van der Waals surface area contributed by atoms with Crippen LogP contribution in [0.5, 0.6) is 0 Å². The zero-order valence-corrected chi connectivity index (χ0v) is 20.0. The lowest BCUT2D eigenvalue weighted by Crippen LogP contribution is -2.54. The van der Waals surface area contributed by atoms with E-state index in [0.29, 0.717) is 16.3 Å². The molecule has 1 saturated heterocycles. The summed E-state index contributed by atoms with van der Waals surface area (Å²) >= 11 is 12.1. The van der Waals surface area contributed by atoms with Crippen molar-refractivity contribution in [3.05, 3.63) is 70.2 Å². The molecule has 0 bridgehead atoms. The second kappa shape index (κ2) is 10.0. The third-order valence-corrected chi connectivity index (χ3v) is 6.73. The Morgan fingerprint density at radius 3 is 2.35 bits per heavy atom. The van der Waals surface area contributed by atoms with Crippen molar-refractivity contribution in [2.45, 2.75) is 30.6 Å². The number of benzene rings is 2. The Morgan fingerprint density at radius 1 is 0.946 bits per heavy atom. The molecule has 3 N–H and O–H groups in total. The summed E-state index contributed by atoms with van der Waals surface area (Å²) in [4.78, 5) is 0. The molecule has 15 heteroatoms. The third-order valence-electron chi connectivity index (χ3n) is 5.99. The molecule has 1 aliphatic heterocycles. The molecule has 1 aliphatic rings. The number of aromatic nitrogens is 6. The molecule has 1 fully saturated rings. The van der Waals surface area contributed by atoms with Crippen molar-refractivity contribution >= 4 is 23.2 Å². The number of hydrogen-bond donors (Lipinski definition) is 3. The van der Waals surface area contributed by atoms with Gasteiger partial charge in [-0.1, -0.05) is 39.7 Å². The standard InChI is InChI=1S/C22H17Cl2F3N6O4/c23-11-2-1-9(3-12(11)24)16-6-28-30-33(16)22-21(36)19(20(35)17(8-34)37-22)32-7-15(29-31-32)10-4-13(25)18(27)14(26)5-10/h1-7,17,19-22,34-36H,8H2/t17-,19+,20+,21-,22+/m1/s1. The van der Waals surface area contributed by atoms with Gasteiger partial charge in [0.25, 0.3) is 0 Å². The van der Waals surface area contributed by atoms with E-state index in [4.69, 9.17) is 27.9 Å². The van der Waals surface area contributed by atoms with Gasteiger partial charge in [-0.05, 0) is 24.3 Å². The summed E-state index contributed by atoms with van der Waals surface area (Å²) in [6, 6.07) is 5.01. The van der Waals surface area contributed by atoms with E-state index in [9.17, 15) is 28.5 Å². The lowest BCUT2D eigenvalue weighted by Gasteiger charge is -2.42. The Kier molecular flexibility index (Phi) is 6.91. The molecule has 0 spiro atoms. The van der Waals surface area contributed by atoms with Crippen molar-refractivity contribution in [3.8, 4) is 22.5 Å². The molecule has 3 heterocycles. The van der Waals surface area contributed by atoms with Crippen molar-refractivity contribution in [1.82, 2.24) is 30.0 Å². The van der Waals surface area contributed by atoms with E-state index in [2.05, 4.69) is 20.6 Å². The fourth-order valence-electron chi connectivity index (χ4n) is 4.15. The van der Waals surface area contributed by atoms with Crippen molar-refractivity contribution in [2.75, 3.05) is 6.61 Å². The molecule has 0 saturated carbocycles. The summed E-state index contributed by atoms with van der Waals surface area (Å²) in [7, 11) is 0. The zero-order chi connectivity index (χ0) is 26.4. The molecule has 0 radical (unpaired) electrons. The minimum atomic E-state index is -1.63. The van der Waals surface area contributed by atoms with Crippen LogP contribution < -0.4 is 0 Å². The summed E-state index contributed by atoms with van der Waals surface area (Å²) in [5, 5.41) is 48.1. The van der Waals surface area contributed by atoms with Crippen LogP contribution in [0.25, 0.3) is 22.5 Å². The Balaban J connectivity index is 1.52. The lowest BCUT2D eigenvalue weighted by atomic mass is 9.95. The van der Waals surface area contributed by atoms with Crippen molar-refractivity contribution in [1.29, 1.82) is 0 Å². The van der Waals surface area contributed by atoms with Crippen LogP contribution in [0.15, 0.2) is 42.7 Å². The Bertz CT molecular complexity index is 1430. The van der Waals surface area contributed by atoms with Gasteiger partial charge in [-0.2, -0.15) is 0 Å². The maximum Gasteiger partial charge on any atom is 0.194 e. The number of aliphatic hydroxyl groups excluding tert-OH is 3. The van der Waals surface area contributed by atoms with Gasteiger partial charge in [0.1, 0.15) is 30.0 Å². The van der Waals surface area contributed by atoms with Gasteiger partial charge in [0, 0.05) is 11.1 Å². The SMILES string of the molecule is OC[C@H]1O[C@H](n2nncc2-c2ccc(Cl)c(Cl)c2)[C@H](O)[C@@H](n2cc(-c3cc(F)c(F)c(F)c3)nn2)[C@H]1O. The van der Waals surface area contributed by atoms with Gasteiger partial charge in [-0.25, -0.2) is 22.5 Å². The highest BCUT2D eigenvalue weighted by Gasteiger charge is 2.47. The fraction of sp³-hybridized carbons (Fsp3) is 0.273. The molecule has 5 rings (SSSR count). The van der Waals surface area contributed by atoms with E-state index in [0.717, 1.165) is 16.8 Å². The molecular formula is C22H17Cl2F3N6O4. The molecule has 2 aromatic carbocycles. The molecule has 0 amide bonds. The first-order chi connectivity index (χ1) is 17.7. The fourth-order valence-corrected chi connectivity index (χ4v) is 4.45. The monoisotopic (exact) mass is 556 g/mol. The molecule has 5 atom stereocenters. The average Bonchev–Trinajstić information content (AvgIpc) is 3.55. The Labute approximate surface area is 216 Å². The average molecular weight is 557 g/mol. The highest BCUT2D eigenvalue weighted by Crippen LogP contribution is 2.38. The van der Waals surface area contributed by atoms with Crippen molar-refractivity contribution in [3.63, 3.8) is 0 Å². The normalized spacial score (nSPS) is 23.9. The summed E-state index contributed by atoms with van der Waals surface area (Å²) in [5.74, 6) is -4.47. The maximum atomic E-state index is 13.7. The molecule has 4 aromatic rings. The van der Waals surface area contributed by atoms with E-state index in [1.54, 1.807) is 18.2 Å². The van der Waals surface area contributed by atoms with Gasteiger partial charge < -0.3 is 20.1 Å². The van der Waals surface area contributed by atoms with E-state index < -0.39 is 54.6 Å². The number of halogens is 5. The lowest BCUT2D eigenvalue weighted by molar-refractivity contribution is -0.233. The second-order valence-electron chi connectivity index (χ2n) is 8.25. The van der Waals surface area contributed by atoms with E-state index in [1.807, 2.05) is 0 Å². The maximum absolute atomic E-state index is 13.7. The van der Waals surface area contributed by atoms with Crippen LogP contribution in [0.4, 0.5) is 13.2 Å². The van der Waals surface area contributed by atoms with E-state index >= 15 is 0 Å². The molecule has 37 heavy (non-hydrogen) atoms. The van der Waals surface area contributed by atoms with Gasteiger partial charge in [0.05, 0.1) is 34.7 Å². The second-order valence-corrected chi connectivity index (χ2v) is 9.06. The van der Waals surface area contributed by atoms with Crippen LogP contribution in [0.1, 0.15) is 12.3 Å². The zero-order valence-electron chi connectivity index (χ0n) is 18.5. The van der Waals surface area contributed by atoms with Crippen LogP contribution in [0, 0.1) is 17.5 Å². The number of rotatable bonds is 5. The summed E-state index contributed by atoms with van der Waals surface area (Å²) in [5.41, 5.74) is 0.748. The predicted molar refractivity (Wildman–Crippen MR) is 123 cm³/mol. The summed E-state index contributed by atoms with van der Waals surface area (Å²) in [6.07, 6.45) is -2.87. The Hall–Kier alpha value is -3.07. The number of hydrogen-bond acceptors (Lipinski definition) is 8. The van der Waals surface area contributed by atoms with Crippen LogP contribution in [-0.2, 0) is 4.74 Å². The topological polar surface area (TPSA) is 131 Å². The van der Waals surface area contributed by atoms with E-state index in [1.165, 1.54) is 17.1 Å². The molecule has 194 valence electrons. The smallest absolute Gasteiger partial charge is 0.194 e. The minimum Gasteiger partial charge on any atom is -0.394 e. The summed E-state index contributed by atoms with van der Waals surface area (Å²) in [6.45, 7) is -0.631. The molecule has 0 aliphatic carbocycles. The molecule has 2 aromatic heterocycles. The largest absolute Gasteiger partial charge is 0.394 e. The highest BCUT2D eigenvalue weighted by molar-refractivity contribution is 6.42. The van der Waals surface area contributed by atoms with Gasteiger partial charge in [-0.3, -0.25) is 0 Å². The predicted octanol–water partition coefficient (Wildman–Crippen LogP) is 2.78.